The maximum Gasteiger partial charge on any atom is 0.386 e. The summed E-state index contributed by atoms with van der Waals surface area (Å²) in [6.45, 7) is -9.39. The highest BCUT2D eigenvalue weighted by Gasteiger charge is 2.53. The van der Waals surface area contributed by atoms with Crippen LogP contribution in [0.5, 0.6) is 0 Å². The summed E-state index contributed by atoms with van der Waals surface area (Å²) in [6, 6.07) is 0. The van der Waals surface area contributed by atoms with Crippen LogP contribution in [0.15, 0.2) is 25.3 Å². The minimum absolute atomic E-state index is 0.106. The van der Waals surface area contributed by atoms with E-state index in [4.69, 9.17) is 50.8 Å². The Balaban J connectivity index is 1.17. The van der Waals surface area contributed by atoms with Crippen LogP contribution in [0.25, 0.3) is 22.3 Å². The number of rotatable bonds is 2. The van der Waals surface area contributed by atoms with Gasteiger partial charge in [0, 0.05) is 0 Å². The van der Waals surface area contributed by atoms with Crippen LogP contribution in [0, 0.1) is 0 Å². The largest absolute Gasteiger partial charge is 0.386 e. The van der Waals surface area contributed by atoms with Crippen LogP contribution >= 0.6 is 25.8 Å². The van der Waals surface area contributed by atoms with Crippen LogP contribution in [-0.4, -0.2) is 104 Å². The van der Waals surface area contributed by atoms with Crippen molar-refractivity contribution in [2.75, 3.05) is 24.7 Å². The highest BCUT2D eigenvalue weighted by atomic mass is 32.7. The lowest BCUT2D eigenvalue weighted by Gasteiger charge is -2.29. The van der Waals surface area contributed by atoms with E-state index in [1.807, 2.05) is 0 Å². The van der Waals surface area contributed by atoms with Crippen molar-refractivity contribution in [3.8, 4) is 0 Å². The molecule has 7 rings (SSSR count). The second-order valence-electron chi connectivity index (χ2n) is 9.95. The van der Waals surface area contributed by atoms with Crippen molar-refractivity contribution in [3.63, 3.8) is 0 Å². The third-order valence-electron chi connectivity index (χ3n) is 7.26. The van der Waals surface area contributed by atoms with Gasteiger partial charge in [-0.05, 0) is 11.8 Å². The normalized spacial score (nSPS) is 38.3. The van der Waals surface area contributed by atoms with Gasteiger partial charge in [-0.1, -0.05) is 12.2 Å². The molecule has 0 amide bonds. The van der Waals surface area contributed by atoms with Crippen LogP contribution in [0.2, 0.25) is 0 Å². The zero-order valence-corrected chi connectivity index (χ0v) is 25.5. The van der Waals surface area contributed by atoms with Crippen molar-refractivity contribution in [3.05, 3.63) is 25.3 Å². The number of ether oxygens (including phenoxy) is 2. The smallest absolute Gasteiger partial charge is 0.386 e. The zero-order chi connectivity index (χ0) is 31.0. The summed E-state index contributed by atoms with van der Waals surface area (Å²) in [6.07, 6.45) is -5.32. The highest BCUT2D eigenvalue weighted by Crippen LogP contribution is 2.58. The van der Waals surface area contributed by atoms with Crippen molar-refractivity contribution < 1.29 is 47.2 Å². The zero-order valence-electron chi connectivity index (χ0n) is 22.0. The molecule has 3 aliphatic rings. The lowest BCUT2D eigenvalue weighted by Crippen LogP contribution is -2.38. The van der Waals surface area contributed by atoms with Gasteiger partial charge in [-0.15, -0.1) is 0 Å². The second kappa shape index (κ2) is 11.1. The van der Waals surface area contributed by atoms with Crippen LogP contribution in [-0.2, 0) is 43.9 Å². The number of fused-ring (bicyclic) bond motifs is 4. The third kappa shape index (κ3) is 5.28. The molecule has 0 saturated carbocycles. The summed E-state index contributed by atoms with van der Waals surface area (Å²) < 4.78 is 50.6. The monoisotopic (exact) mass is 690 g/mol. The first-order valence-electron chi connectivity index (χ1n) is 12.8. The Bertz CT molecular complexity index is 1700. The van der Waals surface area contributed by atoms with Gasteiger partial charge in [-0.2, -0.15) is 0 Å². The SMILES string of the molecule is Nc1ncnc2c1ncn2C1O[C@H]2COP(O)(=S)OC3[C@H](COP(=O)(S)O[C@@H]2C1O)O[C@@H](n1cnc2c(N)ncnc21)[C@H]3O. The molecule has 4 aromatic rings. The summed E-state index contributed by atoms with van der Waals surface area (Å²) in [7, 11) is 0. The number of anilines is 2. The molecule has 20 nitrogen and oxygen atoms in total. The van der Waals surface area contributed by atoms with E-state index < -0.39 is 75.8 Å². The van der Waals surface area contributed by atoms with Crippen molar-refractivity contribution >= 4 is 71.5 Å². The topological polar surface area (TPSA) is 272 Å². The van der Waals surface area contributed by atoms with Crippen LogP contribution in [0.1, 0.15) is 12.5 Å². The van der Waals surface area contributed by atoms with Gasteiger partial charge in [0.05, 0.1) is 25.9 Å². The third-order valence-corrected chi connectivity index (χ3v) is 10.4. The fourth-order valence-corrected chi connectivity index (χ4v) is 8.18. The van der Waals surface area contributed by atoms with Gasteiger partial charge < -0.3 is 40.6 Å². The molecule has 0 spiro atoms. The summed E-state index contributed by atoms with van der Waals surface area (Å²) in [5, 5.41) is 22.5. The summed E-state index contributed by atoms with van der Waals surface area (Å²) in [5.74, 6) is 0.213. The number of thiol groups is 1. The van der Waals surface area contributed by atoms with E-state index in [1.165, 1.54) is 34.4 Å². The standard InChI is InChI=1S/C20H24N10O10P2S2/c21-15-9-17(25-3-23-15)29(5-27-9)19-11(31)13-7(37-19)1-35-41(33,43)40-14-8(2-36-42(34,44)39-13)38-20(12(14)32)30-6-28-10-16(22)24-4-26-18(10)30/h3-8,11-14,19-20,31-32H,1-2H2,(H,33,43)(H,34,44)(H2,21,23,25)(H2,22,24,26)/t7-,8-,11-,12?,13?,14-,19+,20?,41?,42?/m0/s1. The molecule has 10 atom stereocenters. The predicted octanol–water partition coefficient (Wildman–Crippen LogP) is -0.581. The van der Waals surface area contributed by atoms with Crippen molar-refractivity contribution in [1.82, 2.24) is 39.0 Å². The van der Waals surface area contributed by atoms with Gasteiger partial charge in [0.2, 0.25) is 0 Å². The molecule has 3 saturated heterocycles. The van der Waals surface area contributed by atoms with E-state index in [1.54, 1.807) is 0 Å². The lowest BCUT2D eigenvalue weighted by molar-refractivity contribution is -0.0577. The van der Waals surface area contributed by atoms with E-state index in [9.17, 15) is 19.7 Å². The van der Waals surface area contributed by atoms with Gasteiger partial charge in [0.25, 0.3) is 0 Å². The molecular weight excluding hydrogens is 666 g/mol. The molecule has 0 radical (unpaired) electrons. The molecule has 236 valence electrons. The molecule has 44 heavy (non-hydrogen) atoms. The molecule has 0 aromatic carbocycles. The predicted molar refractivity (Wildman–Crippen MR) is 154 cm³/mol. The minimum Gasteiger partial charge on any atom is -0.386 e. The molecule has 3 fully saturated rings. The number of nitrogen functional groups attached to an aromatic ring is 2. The Labute approximate surface area is 256 Å². The molecule has 4 aromatic heterocycles. The van der Waals surface area contributed by atoms with E-state index >= 15 is 0 Å². The Morgan fingerprint density at radius 1 is 0.818 bits per heavy atom. The quantitative estimate of drug-likeness (QED) is 0.113. The Morgan fingerprint density at radius 3 is 1.82 bits per heavy atom. The van der Waals surface area contributed by atoms with Crippen molar-refractivity contribution in [2.24, 2.45) is 0 Å². The van der Waals surface area contributed by atoms with Crippen molar-refractivity contribution in [2.45, 2.75) is 49.1 Å². The number of hydrogen-bond acceptors (Lipinski definition) is 18. The average molecular weight is 691 g/mol. The molecule has 7 N–H and O–H groups in total. The Kier molecular flexibility index (Phi) is 7.64. The van der Waals surface area contributed by atoms with Gasteiger partial charge in [-0.3, -0.25) is 22.7 Å². The van der Waals surface area contributed by atoms with Crippen LogP contribution in [0.3, 0.4) is 0 Å². The lowest BCUT2D eigenvalue weighted by atomic mass is 10.1. The maximum atomic E-state index is 13.4. The molecular formula is C20H24N10O10P2S2. The molecule has 5 unspecified atom stereocenters. The number of nitrogens with zero attached hydrogens (tertiary/aromatic N) is 8. The molecule has 7 heterocycles. The number of aromatic nitrogens is 8. The summed E-state index contributed by atoms with van der Waals surface area (Å²) >= 11 is 9.33. The first-order chi connectivity index (χ1) is 20.9. The van der Waals surface area contributed by atoms with E-state index in [0.717, 1.165) is 0 Å². The highest BCUT2D eigenvalue weighted by molar-refractivity contribution is 8.44. The molecule has 3 aliphatic heterocycles. The van der Waals surface area contributed by atoms with Crippen LogP contribution < -0.4 is 11.5 Å². The van der Waals surface area contributed by atoms with E-state index in [2.05, 4.69) is 42.2 Å². The first kappa shape index (κ1) is 30.2. The van der Waals surface area contributed by atoms with Gasteiger partial charge in [0.1, 0.15) is 60.3 Å². The molecule has 24 heteroatoms. The summed E-state index contributed by atoms with van der Waals surface area (Å²) in [5.41, 5.74) is 12.8. The molecule has 0 aliphatic carbocycles. The number of aliphatic hydroxyl groups is 2. The molecule has 0 bridgehead atoms. The number of imidazole rings is 2. The maximum absolute atomic E-state index is 13.4. The van der Waals surface area contributed by atoms with E-state index in [-0.39, 0.29) is 34.0 Å². The fraction of sp³-hybridized carbons (Fsp3) is 0.500. The van der Waals surface area contributed by atoms with E-state index in [0.29, 0.717) is 0 Å². The number of nitrogens with two attached hydrogens (primary N) is 2. The van der Waals surface area contributed by atoms with Gasteiger partial charge in [-0.25, -0.2) is 34.5 Å². The van der Waals surface area contributed by atoms with Crippen molar-refractivity contribution in [1.29, 1.82) is 0 Å². The minimum atomic E-state index is -4.26. The fourth-order valence-electron chi connectivity index (χ4n) is 5.24. The first-order valence-corrected chi connectivity index (χ1v) is 18.1. The Hall–Kier alpha value is -2.43. The van der Waals surface area contributed by atoms with Gasteiger partial charge >= 0.3 is 13.5 Å². The Morgan fingerprint density at radius 2 is 1.30 bits per heavy atom. The number of aliphatic hydroxyl groups excluding tert-OH is 2. The second-order valence-corrected chi connectivity index (χ2v) is 15.6. The van der Waals surface area contributed by atoms with Crippen LogP contribution in [0.4, 0.5) is 11.6 Å². The van der Waals surface area contributed by atoms with Gasteiger partial charge in [0.15, 0.2) is 35.4 Å². The average Bonchev–Trinajstić information content (AvgIpc) is 3.73. The number of hydrogen-bond donors (Lipinski definition) is 6. The summed E-state index contributed by atoms with van der Waals surface area (Å²) in [4.78, 5) is 35.4.